The van der Waals surface area contributed by atoms with Crippen LogP contribution in [0.2, 0.25) is 0 Å². The van der Waals surface area contributed by atoms with Crippen LogP contribution in [-0.2, 0) is 10.2 Å². The third-order valence-corrected chi connectivity index (χ3v) is 3.68. The molecule has 0 saturated heterocycles. The number of rotatable bonds is 9. The van der Waals surface area contributed by atoms with Crippen molar-refractivity contribution in [1.29, 1.82) is 0 Å². The first-order chi connectivity index (χ1) is 7.04. The molecule has 0 amide bonds. The zero-order chi connectivity index (χ0) is 11.7. The summed E-state index contributed by atoms with van der Waals surface area (Å²) in [6.45, 7) is 2.91. The molecule has 92 valence electrons. The molecule has 0 aromatic heterocycles. The molecule has 0 atom stereocenters. The van der Waals surface area contributed by atoms with Crippen LogP contribution in [0.15, 0.2) is 0 Å². The lowest BCUT2D eigenvalue weighted by Crippen LogP contribution is -2.39. The summed E-state index contributed by atoms with van der Waals surface area (Å²) in [6.07, 6.45) is 3.43. The summed E-state index contributed by atoms with van der Waals surface area (Å²) in [5.41, 5.74) is 0. The highest BCUT2D eigenvalue weighted by molar-refractivity contribution is 7.87. The van der Waals surface area contributed by atoms with E-state index in [1.165, 1.54) is 11.4 Å². The van der Waals surface area contributed by atoms with Gasteiger partial charge in [0.05, 0.1) is 0 Å². The fourth-order valence-electron chi connectivity index (χ4n) is 1.10. The van der Waals surface area contributed by atoms with Gasteiger partial charge >= 0.3 is 0 Å². The molecule has 0 saturated carbocycles. The van der Waals surface area contributed by atoms with E-state index in [9.17, 15) is 8.42 Å². The number of nitrogens with one attached hydrogen (secondary N) is 1. The standard InChI is InChI=1S/C9H22N2O3S/c1-3-4-5-7-10-15(13,14)11(2)8-6-9-12/h10,12H,3-9H2,1-2H3. The summed E-state index contributed by atoms with van der Waals surface area (Å²) in [5, 5.41) is 8.59. The summed E-state index contributed by atoms with van der Waals surface area (Å²) in [6, 6.07) is 0. The van der Waals surface area contributed by atoms with E-state index in [2.05, 4.69) is 11.6 Å². The van der Waals surface area contributed by atoms with Crippen molar-refractivity contribution in [3.8, 4) is 0 Å². The predicted octanol–water partition coefficient (Wildman–Crippen LogP) is 0.325. The minimum absolute atomic E-state index is 0.00962. The average Bonchev–Trinajstić information content (AvgIpc) is 2.21. The molecule has 15 heavy (non-hydrogen) atoms. The van der Waals surface area contributed by atoms with Crippen molar-refractivity contribution >= 4 is 10.2 Å². The quantitative estimate of drug-likeness (QED) is 0.569. The van der Waals surface area contributed by atoms with Crippen LogP contribution in [-0.4, -0.2) is 44.6 Å². The van der Waals surface area contributed by atoms with Gasteiger partial charge in [-0.3, -0.25) is 0 Å². The summed E-state index contributed by atoms with van der Waals surface area (Å²) >= 11 is 0. The highest BCUT2D eigenvalue weighted by Crippen LogP contribution is 1.97. The van der Waals surface area contributed by atoms with E-state index in [-0.39, 0.29) is 6.61 Å². The maximum absolute atomic E-state index is 11.5. The van der Waals surface area contributed by atoms with Crippen LogP contribution in [0.25, 0.3) is 0 Å². The molecule has 6 heteroatoms. The zero-order valence-corrected chi connectivity index (χ0v) is 10.4. The number of unbranched alkanes of at least 4 members (excludes halogenated alkanes) is 2. The lowest BCUT2D eigenvalue weighted by Gasteiger charge is -2.16. The Morgan fingerprint density at radius 1 is 1.27 bits per heavy atom. The van der Waals surface area contributed by atoms with Gasteiger partial charge in [-0.2, -0.15) is 12.7 Å². The summed E-state index contributed by atoms with van der Waals surface area (Å²) < 4.78 is 26.8. The van der Waals surface area contributed by atoms with Crippen LogP contribution in [0.4, 0.5) is 0 Å². The van der Waals surface area contributed by atoms with Crippen molar-refractivity contribution in [3.05, 3.63) is 0 Å². The van der Waals surface area contributed by atoms with E-state index in [0.717, 1.165) is 19.3 Å². The van der Waals surface area contributed by atoms with E-state index in [0.29, 0.717) is 19.5 Å². The zero-order valence-electron chi connectivity index (χ0n) is 9.57. The van der Waals surface area contributed by atoms with Crippen LogP contribution < -0.4 is 4.72 Å². The number of hydrogen-bond acceptors (Lipinski definition) is 3. The number of nitrogens with zero attached hydrogens (tertiary/aromatic N) is 1. The first kappa shape index (κ1) is 14.8. The van der Waals surface area contributed by atoms with Crippen molar-refractivity contribution in [2.75, 3.05) is 26.7 Å². The first-order valence-electron chi connectivity index (χ1n) is 5.36. The van der Waals surface area contributed by atoms with Crippen LogP contribution in [0.5, 0.6) is 0 Å². The normalized spacial score (nSPS) is 12.3. The molecule has 0 radical (unpaired) electrons. The molecule has 0 bridgehead atoms. The minimum Gasteiger partial charge on any atom is -0.396 e. The van der Waals surface area contributed by atoms with Crippen LogP contribution in [0, 0.1) is 0 Å². The van der Waals surface area contributed by atoms with Crippen LogP contribution in [0.1, 0.15) is 32.6 Å². The summed E-state index contributed by atoms with van der Waals surface area (Å²) in [7, 11) is -1.83. The molecule has 0 aliphatic rings. The van der Waals surface area contributed by atoms with E-state index >= 15 is 0 Å². The number of aliphatic hydroxyl groups excluding tert-OH is 1. The van der Waals surface area contributed by atoms with Gasteiger partial charge in [-0.05, 0) is 12.8 Å². The Morgan fingerprint density at radius 3 is 2.47 bits per heavy atom. The average molecular weight is 238 g/mol. The van der Waals surface area contributed by atoms with Crippen LogP contribution >= 0.6 is 0 Å². The Bertz CT molecular complexity index is 242. The van der Waals surface area contributed by atoms with E-state index in [1.807, 2.05) is 0 Å². The van der Waals surface area contributed by atoms with Crippen molar-refractivity contribution in [2.45, 2.75) is 32.6 Å². The second-order valence-corrected chi connectivity index (χ2v) is 5.37. The Kier molecular flexibility index (Phi) is 7.95. The van der Waals surface area contributed by atoms with E-state index in [1.54, 1.807) is 0 Å². The largest absolute Gasteiger partial charge is 0.396 e. The monoisotopic (exact) mass is 238 g/mol. The Balaban J connectivity index is 3.84. The fourth-order valence-corrected chi connectivity index (χ4v) is 2.09. The maximum Gasteiger partial charge on any atom is 0.279 e. The number of hydrogen-bond donors (Lipinski definition) is 2. The lowest BCUT2D eigenvalue weighted by molar-refractivity contribution is 0.275. The third-order valence-electron chi connectivity index (χ3n) is 2.11. The second-order valence-electron chi connectivity index (χ2n) is 3.51. The first-order valence-corrected chi connectivity index (χ1v) is 6.80. The Hall–Kier alpha value is -0.170. The van der Waals surface area contributed by atoms with E-state index in [4.69, 9.17) is 5.11 Å². The van der Waals surface area contributed by atoms with Gasteiger partial charge < -0.3 is 5.11 Å². The molecule has 0 aromatic carbocycles. The van der Waals surface area contributed by atoms with E-state index < -0.39 is 10.2 Å². The van der Waals surface area contributed by atoms with Gasteiger partial charge in [-0.1, -0.05) is 19.8 Å². The van der Waals surface area contributed by atoms with Gasteiger partial charge in [-0.15, -0.1) is 0 Å². The molecule has 0 aliphatic carbocycles. The van der Waals surface area contributed by atoms with Crippen molar-refractivity contribution in [3.63, 3.8) is 0 Å². The molecule has 0 aliphatic heterocycles. The van der Waals surface area contributed by atoms with Gasteiger partial charge in [0.25, 0.3) is 10.2 Å². The minimum atomic E-state index is -3.34. The Morgan fingerprint density at radius 2 is 1.93 bits per heavy atom. The van der Waals surface area contributed by atoms with Gasteiger partial charge in [0.2, 0.25) is 0 Å². The number of aliphatic hydroxyl groups is 1. The van der Waals surface area contributed by atoms with Crippen LogP contribution in [0.3, 0.4) is 0 Å². The summed E-state index contributed by atoms with van der Waals surface area (Å²) in [4.78, 5) is 0. The Labute approximate surface area is 92.7 Å². The summed E-state index contributed by atoms with van der Waals surface area (Å²) in [5.74, 6) is 0. The van der Waals surface area contributed by atoms with Crippen molar-refractivity contribution in [1.82, 2.24) is 9.03 Å². The molecule has 0 aromatic rings. The highest BCUT2D eigenvalue weighted by Gasteiger charge is 2.15. The molecule has 0 fully saturated rings. The molecule has 2 N–H and O–H groups in total. The maximum atomic E-state index is 11.5. The molecule has 0 unspecified atom stereocenters. The van der Waals surface area contributed by atoms with Crippen molar-refractivity contribution in [2.24, 2.45) is 0 Å². The molecule has 0 rings (SSSR count). The molecular formula is C9H22N2O3S. The predicted molar refractivity (Wildman–Crippen MR) is 60.8 cm³/mol. The SMILES string of the molecule is CCCCCNS(=O)(=O)N(C)CCCO. The molecular weight excluding hydrogens is 216 g/mol. The van der Waals surface area contributed by atoms with Gasteiger partial charge in [0.1, 0.15) is 0 Å². The fraction of sp³-hybridized carbons (Fsp3) is 1.00. The topological polar surface area (TPSA) is 69.6 Å². The molecule has 0 spiro atoms. The lowest BCUT2D eigenvalue weighted by atomic mass is 10.3. The molecule has 0 heterocycles. The van der Waals surface area contributed by atoms with Gasteiger partial charge in [0, 0.05) is 26.7 Å². The third kappa shape index (κ3) is 6.83. The van der Waals surface area contributed by atoms with Gasteiger partial charge in [-0.25, -0.2) is 4.72 Å². The highest BCUT2D eigenvalue weighted by atomic mass is 32.2. The second kappa shape index (κ2) is 8.04. The smallest absolute Gasteiger partial charge is 0.279 e. The van der Waals surface area contributed by atoms with Gasteiger partial charge in [0.15, 0.2) is 0 Å². The van der Waals surface area contributed by atoms with Crippen molar-refractivity contribution < 1.29 is 13.5 Å². The molecule has 5 nitrogen and oxygen atoms in total.